The molecule has 0 spiro atoms. The Hall–Kier alpha value is -1.88. The van der Waals surface area contributed by atoms with Gasteiger partial charge in [-0.15, -0.1) is 0 Å². The molecule has 1 saturated carbocycles. The summed E-state index contributed by atoms with van der Waals surface area (Å²) in [6.45, 7) is 5.46. The van der Waals surface area contributed by atoms with Gasteiger partial charge in [-0.2, -0.15) is 0 Å². The first kappa shape index (κ1) is 21.4. The summed E-state index contributed by atoms with van der Waals surface area (Å²) in [5, 5.41) is 0. The second kappa shape index (κ2) is 8.70. The van der Waals surface area contributed by atoms with Crippen molar-refractivity contribution in [2.75, 3.05) is 40.3 Å². The lowest BCUT2D eigenvalue weighted by molar-refractivity contribution is -0.127. The molecule has 5 nitrogen and oxygen atoms in total. The van der Waals surface area contributed by atoms with E-state index in [9.17, 15) is 9.59 Å². The van der Waals surface area contributed by atoms with E-state index in [-0.39, 0.29) is 11.6 Å². The predicted molar refractivity (Wildman–Crippen MR) is 120 cm³/mol. The molecule has 5 heteroatoms. The topological polar surface area (TPSA) is 43.9 Å². The lowest BCUT2D eigenvalue weighted by atomic mass is 9.79. The third-order valence-electron chi connectivity index (χ3n) is 7.62. The average molecular weight is 412 g/mol. The van der Waals surface area contributed by atoms with E-state index in [1.165, 1.54) is 31.2 Å². The zero-order valence-corrected chi connectivity index (χ0v) is 18.8. The van der Waals surface area contributed by atoms with Crippen LogP contribution in [-0.2, 0) is 4.79 Å². The SMILES string of the molecule is CCC(=O)CC1(N2CCC(C[C@@H]3CC3c3ccccc3)CC2)CN(C(=O)N(C)C)C1. The highest BCUT2D eigenvalue weighted by molar-refractivity contribution is 5.81. The molecule has 1 aromatic rings. The highest BCUT2D eigenvalue weighted by Crippen LogP contribution is 2.52. The fraction of sp³-hybridized carbons (Fsp3) is 0.680. The van der Waals surface area contributed by atoms with Gasteiger partial charge < -0.3 is 9.80 Å². The van der Waals surface area contributed by atoms with Crippen molar-refractivity contribution in [2.45, 2.75) is 56.9 Å². The molecule has 2 saturated heterocycles. The highest BCUT2D eigenvalue weighted by Gasteiger charge is 2.51. The van der Waals surface area contributed by atoms with Crippen molar-refractivity contribution in [3.05, 3.63) is 35.9 Å². The molecule has 1 aromatic carbocycles. The van der Waals surface area contributed by atoms with Gasteiger partial charge in [0.15, 0.2) is 0 Å². The van der Waals surface area contributed by atoms with Gasteiger partial charge in [0.1, 0.15) is 5.78 Å². The monoisotopic (exact) mass is 411 g/mol. The minimum atomic E-state index is -0.129. The molecule has 3 aliphatic rings. The summed E-state index contributed by atoms with van der Waals surface area (Å²) in [6, 6.07) is 11.0. The molecule has 2 heterocycles. The first-order chi connectivity index (χ1) is 14.4. The number of Topliss-reactive ketones (excluding diaryl/α,β-unsaturated/α-hetero) is 1. The van der Waals surface area contributed by atoms with E-state index in [4.69, 9.17) is 0 Å². The Balaban J connectivity index is 1.30. The van der Waals surface area contributed by atoms with E-state index in [0.29, 0.717) is 31.7 Å². The maximum absolute atomic E-state index is 12.3. The maximum Gasteiger partial charge on any atom is 0.319 e. The van der Waals surface area contributed by atoms with Gasteiger partial charge in [0, 0.05) is 40.0 Å². The first-order valence-electron chi connectivity index (χ1n) is 11.7. The molecule has 30 heavy (non-hydrogen) atoms. The molecule has 0 aromatic heterocycles. The predicted octanol–water partition coefficient (Wildman–Crippen LogP) is 4.00. The minimum absolute atomic E-state index is 0.0603. The molecular formula is C25H37N3O2. The number of carbonyl (C=O) groups is 2. The van der Waals surface area contributed by atoms with Crippen molar-refractivity contribution in [3.63, 3.8) is 0 Å². The number of rotatable bonds is 7. The Morgan fingerprint density at radius 3 is 2.37 bits per heavy atom. The number of ketones is 1. The van der Waals surface area contributed by atoms with Gasteiger partial charge in [-0.3, -0.25) is 9.69 Å². The molecule has 2 amide bonds. The molecule has 2 atom stereocenters. The van der Waals surface area contributed by atoms with Crippen molar-refractivity contribution in [2.24, 2.45) is 11.8 Å². The van der Waals surface area contributed by atoms with Crippen molar-refractivity contribution in [1.29, 1.82) is 0 Å². The number of urea groups is 1. The van der Waals surface area contributed by atoms with E-state index in [2.05, 4.69) is 35.2 Å². The fourth-order valence-corrected chi connectivity index (χ4v) is 5.69. The van der Waals surface area contributed by atoms with Crippen LogP contribution in [0.5, 0.6) is 0 Å². The third kappa shape index (κ3) is 4.41. The van der Waals surface area contributed by atoms with E-state index in [1.54, 1.807) is 19.0 Å². The standard InChI is InChI=1S/C25H37N3O2/c1-4-22(29)16-25(17-27(18-25)24(30)26(2)3)28-12-10-19(11-13-28)14-21-15-23(21)20-8-6-5-7-9-20/h5-9,19,21,23H,4,10-18H2,1-3H3/t21-,23?/m1/s1. The van der Waals surface area contributed by atoms with Crippen LogP contribution in [0.25, 0.3) is 0 Å². The van der Waals surface area contributed by atoms with Crippen molar-refractivity contribution >= 4 is 11.8 Å². The Bertz CT molecular complexity index is 749. The van der Waals surface area contributed by atoms with Gasteiger partial charge in [0.05, 0.1) is 5.54 Å². The van der Waals surface area contributed by atoms with Crippen LogP contribution in [0.1, 0.15) is 56.9 Å². The molecule has 3 fully saturated rings. The number of hydrogen-bond acceptors (Lipinski definition) is 3. The van der Waals surface area contributed by atoms with E-state index < -0.39 is 0 Å². The lowest BCUT2D eigenvalue weighted by Crippen LogP contribution is -2.73. The van der Waals surface area contributed by atoms with Crippen LogP contribution in [0.2, 0.25) is 0 Å². The largest absolute Gasteiger partial charge is 0.331 e. The summed E-state index contributed by atoms with van der Waals surface area (Å²) < 4.78 is 0. The Labute approximate surface area is 181 Å². The summed E-state index contributed by atoms with van der Waals surface area (Å²) in [4.78, 5) is 30.7. The van der Waals surface area contributed by atoms with Crippen LogP contribution in [0.4, 0.5) is 4.79 Å². The maximum atomic E-state index is 12.3. The van der Waals surface area contributed by atoms with Gasteiger partial charge in [-0.25, -0.2) is 4.79 Å². The van der Waals surface area contributed by atoms with Crippen LogP contribution in [0, 0.1) is 11.8 Å². The number of piperidine rings is 1. The summed E-state index contributed by atoms with van der Waals surface area (Å²) in [5.41, 5.74) is 1.38. The highest BCUT2D eigenvalue weighted by atomic mass is 16.2. The average Bonchev–Trinajstić information content (AvgIpc) is 3.50. The molecule has 0 radical (unpaired) electrons. The van der Waals surface area contributed by atoms with Gasteiger partial charge >= 0.3 is 6.03 Å². The van der Waals surface area contributed by atoms with E-state index >= 15 is 0 Å². The molecular weight excluding hydrogens is 374 g/mol. The van der Waals surface area contributed by atoms with Crippen LogP contribution >= 0.6 is 0 Å². The van der Waals surface area contributed by atoms with Gasteiger partial charge in [-0.1, -0.05) is 37.3 Å². The molecule has 1 aliphatic carbocycles. The summed E-state index contributed by atoms with van der Waals surface area (Å²) in [7, 11) is 3.59. The smallest absolute Gasteiger partial charge is 0.319 e. The zero-order chi connectivity index (χ0) is 21.3. The second-order valence-corrected chi connectivity index (χ2v) is 10.0. The molecule has 0 N–H and O–H groups in total. The molecule has 0 bridgehead atoms. The van der Waals surface area contributed by atoms with Gasteiger partial charge in [0.2, 0.25) is 0 Å². The Morgan fingerprint density at radius 1 is 1.10 bits per heavy atom. The minimum Gasteiger partial charge on any atom is -0.331 e. The molecule has 2 aliphatic heterocycles. The zero-order valence-electron chi connectivity index (χ0n) is 18.8. The summed E-state index contributed by atoms with van der Waals surface area (Å²) in [5.74, 6) is 2.75. The summed E-state index contributed by atoms with van der Waals surface area (Å²) in [6.07, 6.45) is 6.32. The summed E-state index contributed by atoms with van der Waals surface area (Å²) >= 11 is 0. The quantitative estimate of drug-likeness (QED) is 0.681. The second-order valence-electron chi connectivity index (χ2n) is 10.0. The number of carbonyl (C=O) groups excluding carboxylic acids is 2. The van der Waals surface area contributed by atoms with Crippen LogP contribution < -0.4 is 0 Å². The normalized spacial score (nSPS) is 26.2. The first-order valence-corrected chi connectivity index (χ1v) is 11.7. The number of likely N-dealkylation sites (tertiary alicyclic amines) is 2. The van der Waals surface area contributed by atoms with Gasteiger partial charge in [0.25, 0.3) is 0 Å². The Morgan fingerprint density at radius 2 is 1.77 bits per heavy atom. The number of hydrogen-bond donors (Lipinski definition) is 0. The molecule has 1 unspecified atom stereocenters. The van der Waals surface area contributed by atoms with Crippen LogP contribution in [-0.4, -0.2) is 72.3 Å². The Kier molecular flexibility index (Phi) is 6.19. The van der Waals surface area contributed by atoms with Gasteiger partial charge in [-0.05, 0) is 62.1 Å². The van der Waals surface area contributed by atoms with Crippen molar-refractivity contribution in [1.82, 2.24) is 14.7 Å². The van der Waals surface area contributed by atoms with Crippen molar-refractivity contribution < 1.29 is 9.59 Å². The fourth-order valence-electron chi connectivity index (χ4n) is 5.69. The van der Waals surface area contributed by atoms with E-state index in [1.807, 2.05) is 11.8 Å². The number of amides is 2. The van der Waals surface area contributed by atoms with E-state index in [0.717, 1.165) is 30.8 Å². The number of nitrogens with zero attached hydrogens (tertiary/aromatic N) is 3. The van der Waals surface area contributed by atoms with Crippen molar-refractivity contribution in [3.8, 4) is 0 Å². The van der Waals surface area contributed by atoms with Crippen LogP contribution in [0.15, 0.2) is 30.3 Å². The lowest BCUT2D eigenvalue weighted by Gasteiger charge is -2.57. The third-order valence-corrected chi connectivity index (χ3v) is 7.62. The molecule has 4 rings (SSSR count). The number of benzene rings is 1. The molecule has 164 valence electrons. The van der Waals surface area contributed by atoms with Crippen LogP contribution in [0.3, 0.4) is 0 Å².